The molecule has 3 aromatic rings. The van der Waals surface area contributed by atoms with Crippen molar-refractivity contribution in [2.24, 2.45) is 16.8 Å². The Labute approximate surface area is 187 Å². The maximum atomic E-state index is 6.15. The molecular formula is C25H27N7. The first-order valence-corrected chi connectivity index (χ1v) is 11.2. The molecule has 7 heteroatoms. The highest BCUT2D eigenvalue weighted by molar-refractivity contribution is 6.09. The summed E-state index contributed by atoms with van der Waals surface area (Å²) in [7, 11) is 0. The first-order valence-electron chi connectivity index (χ1n) is 11.2. The summed E-state index contributed by atoms with van der Waals surface area (Å²) < 4.78 is 0. The molecule has 0 saturated heterocycles. The molecule has 3 aliphatic rings. The standard InChI is InChI=1S/C25H27N7/c1-3-27-22-11-18(6-7-20(22)26)29-24-25-12-19(25)15(2)8-9-32(25)14-23(30-24)16-4-5-17-13-28-31-21(17)10-16/h4-11,13-15,19,27H,3,12,26H2,1-2H3,(H,28,31)(H,29,30). The van der Waals surface area contributed by atoms with Crippen molar-refractivity contribution < 1.29 is 0 Å². The number of amidine groups is 1. The predicted molar refractivity (Wildman–Crippen MR) is 131 cm³/mol. The smallest absolute Gasteiger partial charge is 0.133 e. The summed E-state index contributed by atoms with van der Waals surface area (Å²) in [5.41, 5.74) is 11.7. The number of aromatic nitrogens is 2. The van der Waals surface area contributed by atoms with Crippen molar-refractivity contribution in [3.8, 4) is 0 Å². The number of nitrogens with one attached hydrogen (secondary N) is 3. The van der Waals surface area contributed by atoms with Crippen LogP contribution in [0.1, 0.15) is 25.8 Å². The number of fused-ring (bicyclic) bond motifs is 1. The van der Waals surface area contributed by atoms with Crippen LogP contribution in [0.25, 0.3) is 16.6 Å². The third-order valence-corrected chi connectivity index (χ3v) is 6.95. The van der Waals surface area contributed by atoms with Crippen molar-refractivity contribution in [3.63, 3.8) is 0 Å². The number of nitrogen functional groups attached to an aromatic ring is 1. The van der Waals surface area contributed by atoms with Crippen LogP contribution in [-0.2, 0) is 0 Å². The molecule has 32 heavy (non-hydrogen) atoms. The molecule has 3 heterocycles. The SMILES string of the molecule is CCNc1cc(NC2=NC(c3ccc4cn[nH]c4c3)=CN3C=CC(C)C4CC243)ccc1N. The minimum absolute atomic E-state index is 0.102. The Morgan fingerprint density at radius 2 is 2.16 bits per heavy atom. The Morgan fingerprint density at radius 3 is 3.03 bits per heavy atom. The minimum atomic E-state index is -0.102. The van der Waals surface area contributed by atoms with Gasteiger partial charge in [0, 0.05) is 35.6 Å². The van der Waals surface area contributed by atoms with Gasteiger partial charge in [-0.25, -0.2) is 4.99 Å². The van der Waals surface area contributed by atoms with E-state index < -0.39 is 0 Å². The van der Waals surface area contributed by atoms with Gasteiger partial charge in [0.2, 0.25) is 0 Å². The van der Waals surface area contributed by atoms with Gasteiger partial charge in [-0.2, -0.15) is 5.10 Å². The normalized spacial score (nSPS) is 25.6. The van der Waals surface area contributed by atoms with Crippen LogP contribution < -0.4 is 16.4 Å². The Balaban J connectivity index is 1.42. The molecule has 3 atom stereocenters. The quantitative estimate of drug-likeness (QED) is 0.458. The van der Waals surface area contributed by atoms with E-state index in [9.17, 15) is 0 Å². The fourth-order valence-electron chi connectivity index (χ4n) is 5.11. The predicted octanol–water partition coefficient (Wildman–Crippen LogP) is 4.62. The molecule has 1 aromatic heterocycles. The second-order valence-electron chi connectivity index (χ2n) is 8.95. The van der Waals surface area contributed by atoms with Crippen molar-refractivity contribution >= 4 is 39.5 Å². The molecule has 0 amide bonds. The summed E-state index contributed by atoms with van der Waals surface area (Å²) in [5.74, 6) is 2.07. The zero-order valence-electron chi connectivity index (χ0n) is 18.3. The van der Waals surface area contributed by atoms with Gasteiger partial charge in [-0.15, -0.1) is 0 Å². The van der Waals surface area contributed by atoms with Crippen LogP contribution in [0.15, 0.2) is 66.1 Å². The summed E-state index contributed by atoms with van der Waals surface area (Å²) in [6.07, 6.45) is 9.62. The van der Waals surface area contributed by atoms with E-state index in [1.165, 1.54) is 0 Å². The highest BCUT2D eigenvalue weighted by atomic mass is 15.3. The van der Waals surface area contributed by atoms with Crippen molar-refractivity contribution in [2.45, 2.75) is 25.8 Å². The second-order valence-corrected chi connectivity index (χ2v) is 8.95. The number of benzene rings is 2. The van der Waals surface area contributed by atoms with E-state index in [2.05, 4.69) is 82.3 Å². The summed E-state index contributed by atoms with van der Waals surface area (Å²) in [6, 6.07) is 12.3. The van der Waals surface area contributed by atoms with E-state index in [1.807, 2.05) is 18.3 Å². The fraction of sp³-hybridized carbons (Fsp3) is 0.280. The largest absolute Gasteiger partial charge is 0.397 e. The Hall–Kier alpha value is -3.74. The Kier molecular flexibility index (Phi) is 4.08. The van der Waals surface area contributed by atoms with E-state index in [-0.39, 0.29) is 5.54 Å². The third-order valence-electron chi connectivity index (χ3n) is 6.95. The first-order chi connectivity index (χ1) is 15.6. The van der Waals surface area contributed by atoms with Gasteiger partial charge in [0.05, 0.1) is 28.8 Å². The average Bonchev–Trinajstić information content (AvgIpc) is 3.38. The lowest BCUT2D eigenvalue weighted by atomic mass is 9.95. The molecule has 0 bridgehead atoms. The number of H-pyrrole nitrogens is 1. The lowest BCUT2D eigenvalue weighted by Crippen LogP contribution is -2.47. The van der Waals surface area contributed by atoms with Gasteiger partial charge < -0.3 is 21.3 Å². The van der Waals surface area contributed by atoms with E-state index >= 15 is 0 Å². The van der Waals surface area contributed by atoms with Crippen molar-refractivity contribution in [2.75, 3.05) is 22.9 Å². The van der Waals surface area contributed by atoms with Gasteiger partial charge in [-0.1, -0.05) is 25.1 Å². The molecule has 1 fully saturated rings. The Bertz CT molecular complexity index is 1300. The number of allylic oxidation sites excluding steroid dienone is 1. The van der Waals surface area contributed by atoms with Crippen molar-refractivity contribution in [1.82, 2.24) is 15.1 Å². The van der Waals surface area contributed by atoms with Crippen LogP contribution in [-0.4, -0.2) is 33.0 Å². The minimum Gasteiger partial charge on any atom is -0.397 e. The molecular weight excluding hydrogens is 398 g/mol. The van der Waals surface area contributed by atoms with Crippen LogP contribution in [0.4, 0.5) is 17.1 Å². The molecule has 3 unspecified atom stereocenters. The summed E-state index contributed by atoms with van der Waals surface area (Å²) in [4.78, 5) is 7.52. The van der Waals surface area contributed by atoms with Gasteiger partial charge >= 0.3 is 0 Å². The van der Waals surface area contributed by atoms with Gasteiger partial charge in [0.25, 0.3) is 0 Å². The number of hydrogen-bond acceptors (Lipinski definition) is 6. The number of anilines is 3. The molecule has 1 aliphatic carbocycles. The van der Waals surface area contributed by atoms with Crippen molar-refractivity contribution in [3.05, 3.63) is 66.6 Å². The molecule has 2 aliphatic heterocycles. The van der Waals surface area contributed by atoms with E-state index in [1.54, 1.807) is 0 Å². The first kappa shape index (κ1) is 19.0. The molecule has 6 rings (SSSR count). The number of aliphatic imine (C=N–C) groups is 1. The lowest BCUT2D eigenvalue weighted by molar-refractivity contribution is 0.348. The number of rotatable bonds is 4. The van der Waals surface area contributed by atoms with Crippen LogP contribution in [0.5, 0.6) is 0 Å². The topological polar surface area (TPSA) is 94.4 Å². The molecule has 162 valence electrons. The van der Waals surface area contributed by atoms with Crippen LogP contribution in [0, 0.1) is 11.8 Å². The zero-order chi connectivity index (χ0) is 21.9. The van der Waals surface area contributed by atoms with E-state index in [0.717, 1.165) is 58.0 Å². The van der Waals surface area contributed by atoms with Gasteiger partial charge in [0.1, 0.15) is 11.4 Å². The average molecular weight is 426 g/mol. The number of nitrogens with zero attached hydrogens (tertiary/aromatic N) is 3. The molecule has 2 aromatic carbocycles. The summed E-state index contributed by atoms with van der Waals surface area (Å²) in [5, 5.41) is 15.3. The van der Waals surface area contributed by atoms with Crippen LogP contribution >= 0.6 is 0 Å². The van der Waals surface area contributed by atoms with Crippen LogP contribution in [0.3, 0.4) is 0 Å². The van der Waals surface area contributed by atoms with E-state index in [4.69, 9.17) is 10.7 Å². The maximum absolute atomic E-state index is 6.15. The van der Waals surface area contributed by atoms with Crippen LogP contribution in [0.2, 0.25) is 0 Å². The molecule has 1 spiro atoms. The second kappa shape index (κ2) is 6.88. The fourth-order valence-corrected chi connectivity index (χ4v) is 5.11. The third kappa shape index (κ3) is 2.81. The number of hydrogen-bond donors (Lipinski definition) is 4. The summed E-state index contributed by atoms with van der Waals surface area (Å²) in [6.45, 7) is 5.18. The number of aromatic amines is 1. The van der Waals surface area contributed by atoms with Gasteiger partial charge in [-0.05, 0) is 49.4 Å². The highest BCUT2D eigenvalue weighted by Gasteiger charge is 2.65. The highest BCUT2D eigenvalue weighted by Crippen LogP contribution is 2.58. The van der Waals surface area contributed by atoms with Crippen molar-refractivity contribution in [1.29, 1.82) is 0 Å². The Morgan fingerprint density at radius 1 is 1.25 bits per heavy atom. The molecule has 7 nitrogen and oxygen atoms in total. The molecule has 0 radical (unpaired) electrons. The number of nitrogens with two attached hydrogens (primary N) is 1. The molecule has 5 N–H and O–H groups in total. The van der Waals surface area contributed by atoms with Gasteiger partial charge in [-0.3, -0.25) is 5.10 Å². The lowest BCUT2D eigenvalue weighted by Gasteiger charge is -2.38. The van der Waals surface area contributed by atoms with Gasteiger partial charge in [0.15, 0.2) is 0 Å². The maximum Gasteiger partial charge on any atom is 0.133 e. The van der Waals surface area contributed by atoms with E-state index in [0.29, 0.717) is 11.8 Å². The monoisotopic (exact) mass is 425 g/mol. The molecule has 1 saturated carbocycles. The zero-order valence-corrected chi connectivity index (χ0v) is 18.3. The summed E-state index contributed by atoms with van der Waals surface area (Å²) >= 11 is 0.